The number of nitrogens with one attached hydrogen (secondary N) is 3. The molecule has 3 aromatic heterocycles. The summed E-state index contributed by atoms with van der Waals surface area (Å²) in [5.74, 6) is -0.519. The first-order valence-corrected chi connectivity index (χ1v) is 8.13. The molecule has 0 atom stereocenters. The van der Waals surface area contributed by atoms with Crippen LogP contribution in [0.4, 0.5) is 30.5 Å². The normalized spacial score (nSPS) is 12.0. The van der Waals surface area contributed by atoms with E-state index in [1.54, 1.807) is 18.2 Å². The molecule has 4 aromatic rings. The quantitative estimate of drug-likeness (QED) is 0.450. The number of nitrogens with zero attached hydrogens (tertiary/aromatic N) is 5. The number of carbonyl (C=O) groups excluding carboxylic acids is 1. The Bertz CT molecular complexity index is 1230. The third-order valence-electron chi connectivity index (χ3n) is 3.80. The van der Waals surface area contributed by atoms with Crippen molar-refractivity contribution in [2.45, 2.75) is 6.18 Å². The van der Waals surface area contributed by atoms with E-state index in [9.17, 15) is 18.0 Å². The lowest BCUT2D eigenvalue weighted by Crippen LogP contribution is -2.11. The molecule has 0 saturated heterocycles. The van der Waals surface area contributed by atoms with Crippen LogP contribution < -0.4 is 10.6 Å². The third kappa shape index (κ3) is 4.10. The number of rotatable bonds is 4. The van der Waals surface area contributed by atoms with Crippen LogP contribution in [0.25, 0.3) is 21.9 Å². The van der Waals surface area contributed by atoms with Crippen LogP contribution in [0.1, 0.15) is 0 Å². The molecule has 0 bridgehead atoms. The molecule has 0 radical (unpaired) electrons. The van der Waals surface area contributed by atoms with Gasteiger partial charge >= 0.3 is 6.18 Å². The number of benzene rings is 1. The van der Waals surface area contributed by atoms with E-state index < -0.39 is 12.1 Å². The Morgan fingerprint density at radius 1 is 1.10 bits per heavy atom. The van der Waals surface area contributed by atoms with Crippen molar-refractivity contribution in [3.63, 3.8) is 0 Å². The van der Waals surface area contributed by atoms with Crippen LogP contribution >= 0.6 is 0 Å². The molecule has 29 heavy (non-hydrogen) atoms. The number of pyridine rings is 1. The summed E-state index contributed by atoms with van der Waals surface area (Å²) < 4.78 is 36.6. The minimum Gasteiger partial charge on any atom is -0.338 e. The zero-order valence-electron chi connectivity index (χ0n) is 14.4. The fraction of sp³-hybridized carbons (Fsp3) is 0.0588. The van der Waals surface area contributed by atoms with Gasteiger partial charge in [-0.05, 0) is 18.2 Å². The number of aromatic amines is 1. The summed E-state index contributed by atoms with van der Waals surface area (Å²) in [6.45, 7) is 0. The number of carbonyl (C=O) groups is 1. The van der Waals surface area contributed by atoms with Gasteiger partial charge in [-0.25, -0.2) is 15.0 Å². The summed E-state index contributed by atoms with van der Waals surface area (Å²) in [6.07, 6.45) is -1.64. The molecule has 1 aromatic carbocycles. The van der Waals surface area contributed by atoms with Gasteiger partial charge in [-0.1, -0.05) is 6.07 Å². The van der Waals surface area contributed by atoms with E-state index in [1.807, 2.05) is 0 Å². The fourth-order valence-corrected chi connectivity index (χ4v) is 2.56. The average molecular weight is 400 g/mol. The zero-order valence-corrected chi connectivity index (χ0v) is 14.4. The van der Waals surface area contributed by atoms with Gasteiger partial charge in [0.15, 0.2) is 0 Å². The lowest BCUT2D eigenvalue weighted by Gasteiger charge is -2.09. The van der Waals surface area contributed by atoms with Gasteiger partial charge in [0, 0.05) is 17.5 Å². The van der Waals surface area contributed by atoms with Gasteiger partial charge in [0.2, 0.25) is 5.91 Å². The monoisotopic (exact) mass is 400 g/mol. The van der Waals surface area contributed by atoms with E-state index in [2.05, 4.69) is 41.0 Å². The molecule has 0 unspecified atom stereocenters. The molecule has 0 aliphatic heterocycles. The maximum absolute atomic E-state index is 12.2. The number of halogens is 3. The van der Waals surface area contributed by atoms with Crippen molar-refractivity contribution in [2.75, 3.05) is 10.6 Å². The number of para-hydroxylation sites is 1. The van der Waals surface area contributed by atoms with Gasteiger partial charge in [-0.2, -0.15) is 28.6 Å². The first-order valence-electron chi connectivity index (χ1n) is 8.13. The van der Waals surface area contributed by atoms with Crippen LogP contribution in [-0.4, -0.2) is 42.4 Å². The van der Waals surface area contributed by atoms with E-state index >= 15 is 0 Å². The molecule has 0 spiro atoms. The second-order valence-electron chi connectivity index (χ2n) is 5.80. The third-order valence-corrected chi connectivity index (χ3v) is 3.80. The zero-order chi connectivity index (χ0) is 20.4. The summed E-state index contributed by atoms with van der Waals surface area (Å²) in [5, 5.41) is 16.5. The van der Waals surface area contributed by atoms with Crippen molar-refractivity contribution in [2.24, 2.45) is 0 Å². The second-order valence-corrected chi connectivity index (χ2v) is 5.80. The molecule has 4 rings (SSSR count). The summed E-state index contributed by atoms with van der Waals surface area (Å²) in [7, 11) is 0. The first-order chi connectivity index (χ1) is 13.9. The Morgan fingerprint density at radius 3 is 2.79 bits per heavy atom. The van der Waals surface area contributed by atoms with Crippen molar-refractivity contribution in [1.82, 2.24) is 30.4 Å². The molecule has 146 valence electrons. The molecule has 0 aliphatic carbocycles. The van der Waals surface area contributed by atoms with E-state index in [0.29, 0.717) is 39.5 Å². The highest BCUT2D eigenvalue weighted by atomic mass is 19.4. The number of aromatic nitrogens is 6. The highest BCUT2D eigenvalue weighted by Gasteiger charge is 2.22. The lowest BCUT2D eigenvalue weighted by atomic mass is 10.2. The first kappa shape index (κ1) is 18.3. The smallest absolute Gasteiger partial charge is 0.338 e. The summed E-state index contributed by atoms with van der Waals surface area (Å²) >= 11 is 0. The van der Waals surface area contributed by atoms with Crippen molar-refractivity contribution < 1.29 is 18.0 Å². The van der Waals surface area contributed by atoms with Crippen LogP contribution in [0, 0.1) is 0 Å². The predicted octanol–water partition coefficient (Wildman–Crippen LogP) is 3.10. The molecule has 0 aliphatic rings. The van der Waals surface area contributed by atoms with Crippen molar-refractivity contribution >= 4 is 45.2 Å². The van der Waals surface area contributed by atoms with Crippen LogP contribution in [0.2, 0.25) is 0 Å². The molecule has 9 nitrogen and oxygen atoms in total. The molecule has 0 fully saturated rings. The van der Waals surface area contributed by atoms with Gasteiger partial charge in [0.1, 0.15) is 29.0 Å². The lowest BCUT2D eigenvalue weighted by molar-refractivity contribution is -0.112. The maximum atomic E-state index is 12.2. The predicted molar refractivity (Wildman–Crippen MR) is 98.3 cm³/mol. The number of allylic oxidation sites excluding steroid dienone is 1. The number of hydrogen-bond acceptors (Lipinski definition) is 7. The maximum Gasteiger partial charge on any atom is 0.409 e. The molecule has 0 saturated carbocycles. The SMILES string of the molecule is O=C(C=CC(F)(F)F)Nc1cc2c(Nc3cccc4n[nH]nc34)ncnc2cn1. The van der Waals surface area contributed by atoms with Crippen molar-refractivity contribution in [3.8, 4) is 0 Å². The Labute approximate surface area is 160 Å². The largest absolute Gasteiger partial charge is 0.409 e. The van der Waals surface area contributed by atoms with Gasteiger partial charge < -0.3 is 10.6 Å². The standard InChI is InChI=1S/C17H11F3N8O/c18-17(19,20)5-4-14(29)25-13-6-9-12(7-21-13)22-8-23-16(9)24-10-2-1-3-11-15(10)27-28-26-11/h1-8H,(H,21,25,29)(H,22,23,24)(H,26,27,28). The van der Waals surface area contributed by atoms with Gasteiger partial charge in [-0.15, -0.1) is 0 Å². The van der Waals surface area contributed by atoms with Gasteiger partial charge in [0.05, 0.1) is 17.4 Å². The minimum absolute atomic E-state index is 0.0480. The highest BCUT2D eigenvalue weighted by Crippen LogP contribution is 2.27. The number of H-pyrrole nitrogens is 1. The van der Waals surface area contributed by atoms with E-state index in [0.717, 1.165) is 0 Å². The van der Waals surface area contributed by atoms with E-state index in [-0.39, 0.29) is 11.9 Å². The molecular formula is C17H11F3N8O. The summed E-state index contributed by atoms with van der Waals surface area (Å²) in [6, 6.07) is 6.81. The van der Waals surface area contributed by atoms with E-state index in [1.165, 1.54) is 18.6 Å². The van der Waals surface area contributed by atoms with Crippen LogP contribution in [0.5, 0.6) is 0 Å². The van der Waals surface area contributed by atoms with Gasteiger partial charge in [-0.3, -0.25) is 4.79 Å². The van der Waals surface area contributed by atoms with Gasteiger partial charge in [0.25, 0.3) is 0 Å². The number of fused-ring (bicyclic) bond motifs is 2. The van der Waals surface area contributed by atoms with Crippen molar-refractivity contribution in [1.29, 1.82) is 0 Å². The number of anilines is 3. The highest BCUT2D eigenvalue weighted by molar-refractivity contribution is 6.01. The summed E-state index contributed by atoms with van der Waals surface area (Å²) in [4.78, 5) is 24.0. The average Bonchev–Trinajstić information content (AvgIpc) is 3.16. The molecule has 12 heteroatoms. The topological polar surface area (TPSA) is 121 Å². The minimum atomic E-state index is -4.58. The Morgan fingerprint density at radius 2 is 1.97 bits per heavy atom. The Balaban J connectivity index is 1.65. The summed E-state index contributed by atoms with van der Waals surface area (Å²) in [5.41, 5.74) is 2.35. The molecular weight excluding hydrogens is 389 g/mol. The van der Waals surface area contributed by atoms with Crippen LogP contribution in [0.3, 0.4) is 0 Å². The van der Waals surface area contributed by atoms with Crippen molar-refractivity contribution in [3.05, 3.63) is 48.9 Å². The molecule has 1 amide bonds. The Hall–Kier alpha value is -4.09. The van der Waals surface area contributed by atoms with Crippen LogP contribution in [0.15, 0.2) is 48.9 Å². The van der Waals surface area contributed by atoms with Crippen LogP contribution in [-0.2, 0) is 4.79 Å². The number of hydrogen-bond donors (Lipinski definition) is 3. The van der Waals surface area contributed by atoms with E-state index in [4.69, 9.17) is 0 Å². The number of alkyl halides is 3. The molecule has 3 N–H and O–H groups in total. The fourth-order valence-electron chi connectivity index (χ4n) is 2.56. The Kier molecular flexibility index (Phi) is 4.50. The number of amides is 1. The molecule has 3 heterocycles. The second kappa shape index (κ2) is 7.14.